The molecule has 0 spiro atoms. The summed E-state index contributed by atoms with van der Waals surface area (Å²) < 4.78 is 5.95. The van der Waals surface area contributed by atoms with Gasteiger partial charge >= 0.3 is 0 Å². The number of anilines is 3. The van der Waals surface area contributed by atoms with E-state index in [-0.39, 0.29) is 18.5 Å². The molecular formula is C25H30N6O2. The van der Waals surface area contributed by atoms with Crippen molar-refractivity contribution in [1.82, 2.24) is 15.0 Å². The van der Waals surface area contributed by atoms with Crippen LogP contribution in [0.25, 0.3) is 0 Å². The summed E-state index contributed by atoms with van der Waals surface area (Å²) in [5, 5.41) is 3.25. The van der Waals surface area contributed by atoms with E-state index in [2.05, 4.69) is 52.3 Å². The van der Waals surface area contributed by atoms with Crippen molar-refractivity contribution in [2.75, 3.05) is 29.0 Å². The number of nitrogen functional groups attached to an aromatic ring is 1. The lowest BCUT2D eigenvalue weighted by molar-refractivity contribution is -0.117. The zero-order valence-electron chi connectivity index (χ0n) is 19.4. The highest BCUT2D eigenvalue weighted by Gasteiger charge is 2.22. The molecule has 1 amide bonds. The Balaban J connectivity index is 1.40. The number of nitrogens with two attached hydrogens (primary N) is 1. The molecule has 1 aliphatic rings. The highest BCUT2D eigenvalue weighted by molar-refractivity contribution is 5.95. The molecule has 1 aliphatic heterocycles. The highest BCUT2D eigenvalue weighted by atomic mass is 16.5. The lowest BCUT2D eigenvalue weighted by atomic mass is 10.0. The minimum absolute atomic E-state index is 0.144. The summed E-state index contributed by atoms with van der Waals surface area (Å²) in [6.07, 6.45) is 2.33. The average Bonchev–Trinajstić information content (AvgIpc) is 3.20. The van der Waals surface area contributed by atoms with E-state index in [0.717, 1.165) is 30.6 Å². The molecule has 0 saturated carbocycles. The Labute approximate surface area is 194 Å². The summed E-state index contributed by atoms with van der Waals surface area (Å²) >= 11 is 0. The minimum Gasteiger partial charge on any atom is -0.486 e. The molecule has 1 fully saturated rings. The van der Waals surface area contributed by atoms with E-state index in [0.29, 0.717) is 30.5 Å². The quantitative estimate of drug-likeness (QED) is 0.543. The van der Waals surface area contributed by atoms with Gasteiger partial charge in [0.25, 0.3) is 0 Å². The molecule has 0 bridgehead atoms. The third kappa shape index (κ3) is 5.58. The van der Waals surface area contributed by atoms with E-state index >= 15 is 0 Å². The molecule has 1 saturated heterocycles. The van der Waals surface area contributed by atoms with Gasteiger partial charge in [0, 0.05) is 31.3 Å². The number of aryl methyl sites for hydroxylation is 3. The first-order valence-corrected chi connectivity index (χ1v) is 11.2. The molecule has 8 nitrogen and oxygen atoms in total. The number of amides is 1. The SMILES string of the molecule is Cc1cc(OCc2nc(N)nc(NCCc3c(C)cccc3C)n2)cc(N2CCCC2=O)c1. The summed E-state index contributed by atoms with van der Waals surface area (Å²) in [6.45, 7) is 7.79. The van der Waals surface area contributed by atoms with Crippen molar-refractivity contribution in [1.29, 1.82) is 0 Å². The zero-order valence-corrected chi connectivity index (χ0v) is 19.4. The van der Waals surface area contributed by atoms with Crippen LogP contribution in [0.5, 0.6) is 5.75 Å². The van der Waals surface area contributed by atoms with E-state index in [4.69, 9.17) is 10.5 Å². The van der Waals surface area contributed by atoms with Gasteiger partial charge in [-0.25, -0.2) is 0 Å². The Bertz CT molecular complexity index is 1140. The molecule has 3 N–H and O–H groups in total. The van der Waals surface area contributed by atoms with Crippen molar-refractivity contribution in [3.8, 4) is 5.75 Å². The molecule has 4 rings (SSSR count). The van der Waals surface area contributed by atoms with Gasteiger partial charge in [0.2, 0.25) is 17.8 Å². The van der Waals surface area contributed by atoms with Crippen molar-refractivity contribution in [2.24, 2.45) is 0 Å². The molecule has 1 aromatic heterocycles. The number of aromatic nitrogens is 3. The number of nitrogens with zero attached hydrogens (tertiary/aromatic N) is 4. The maximum absolute atomic E-state index is 12.1. The first-order chi connectivity index (χ1) is 15.9. The number of carbonyl (C=O) groups is 1. The summed E-state index contributed by atoms with van der Waals surface area (Å²) in [6, 6.07) is 12.1. The average molecular weight is 447 g/mol. The van der Waals surface area contributed by atoms with E-state index < -0.39 is 0 Å². The van der Waals surface area contributed by atoms with Gasteiger partial charge in [0.1, 0.15) is 12.4 Å². The molecule has 8 heteroatoms. The Kier molecular flexibility index (Phi) is 6.72. The van der Waals surface area contributed by atoms with Crippen LogP contribution in [0.2, 0.25) is 0 Å². The van der Waals surface area contributed by atoms with Crippen molar-refractivity contribution < 1.29 is 9.53 Å². The molecule has 0 radical (unpaired) electrons. The van der Waals surface area contributed by atoms with Crippen molar-refractivity contribution in [3.63, 3.8) is 0 Å². The lowest BCUT2D eigenvalue weighted by Crippen LogP contribution is -2.23. The Hall–Kier alpha value is -3.68. The normalized spacial score (nSPS) is 13.4. The number of benzene rings is 2. The molecule has 2 aromatic carbocycles. The van der Waals surface area contributed by atoms with Crippen molar-refractivity contribution in [3.05, 3.63) is 64.5 Å². The standard InChI is InChI=1S/C25H30N6O2/c1-16-12-19(31-11-5-8-23(31)32)14-20(13-16)33-15-22-28-24(26)30-25(29-22)27-10-9-21-17(2)6-4-7-18(21)3/h4,6-7,12-14H,5,8-11,15H2,1-3H3,(H3,26,27,28,29,30). The van der Waals surface area contributed by atoms with Gasteiger partial charge in [-0.15, -0.1) is 0 Å². The fraction of sp³-hybridized carbons (Fsp3) is 0.360. The molecule has 0 unspecified atom stereocenters. The fourth-order valence-electron chi connectivity index (χ4n) is 4.16. The highest BCUT2D eigenvalue weighted by Crippen LogP contribution is 2.27. The number of ether oxygens (including phenoxy) is 1. The summed E-state index contributed by atoms with van der Waals surface area (Å²) in [5.74, 6) is 1.82. The Morgan fingerprint density at radius 3 is 2.61 bits per heavy atom. The minimum atomic E-state index is 0.144. The smallest absolute Gasteiger partial charge is 0.227 e. The molecule has 33 heavy (non-hydrogen) atoms. The summed E-state index contributed by atoms with van der Waals surface area (Å²) in [7, 11) is 0. The molecule has 172 valence electrons. The van der Waals surface area contributed by atoms with Gasteiger partial charge in [-0.05, 0) is 68.0 Å². The van der Waals surface area contributed by atoms with Gasteiger partial charge in [-0.2, -0.15) is 15.0 Å². The third-order valence-corrected chi connectivity index (χ3v) is 5.79. The van der Waals surface area contributed by atoms with Crippen molar-refractivity contribution >= 4 is 23.5 Å². The van der Waals surface area contributed by atoms with Crippen LogP contribution in [0.3, 0.4) is 0 Å². The van der Waals surface area contributed by atoms with Crippen LogP contribution < -0.4 is 20.7 Å². The van der Waals surface area contributed by atoms with Gasteiger partial charge < -0.3 is 20.7 Å². The van der Waals surface area contributed by atoms with E-state index in [1.165, 1.54) is 16.7 Å². The zero-order chi connectivity index (χ0) is 23.4. The maximum Gasteiger partial charge on any atom is 0.227 e. The van der Waals surface area contributed by atoms with Crippen LogP contribution in [-0.2, 0) is 17.8 Å². The van der Waals surface area contributed by atoms with E-state index in [1.54, 1.807) is 4.90 Å². The molecule has 0 aliphatic carbocycles. The van der Waals surface area contributed by atoms with Gasteiger partial charge in [-0.1, -0.05) is 18.2 Å². The molecular weight excluding hydrogens is 416 g/mol. The second-order valence-corrected chi connectivity index (χ2v) is 8.42. The summed E-state index contributed by atoms with van der Waals surface area (Å²) in [4.78, 5) is 26.8. The Morgan fingerprint density at radius 1 is 1.09 bits per heavy atom. The van der Waals surface area contributed by atoms with Crippen LogP contribution in [-0.4, -0.2) is 33.9 Å². The lowest BCUT2D eigenvalue weighted by Gasteiger charge is -2.18. The van der Waals surface area contributed by atoms with Crippen LogP contribution in [0.15, 0.2) is 36.4 Å². The van der Waals surface area contributed by atoms with Crippen molar-refractivity contribution in [2.45, 2.75) is 46.6 Å². The van der Waals surface area contributed by atoms with Crippen LogP contribution >= 0.6 is 0 Å². The van der Waals surface area contributed by atoms with Gasteiger partial charge in [0.05, 0.1) is 0 Å². The van der Waals surface area contributed by atoms with Crippen LogP contribution in [0.1, 0.15) is 40.9 Å². The third-order valence-electron chi connectivity index (χ3n) is 5.79. The number of carbonyl (C=O) groups excluding carboxylic acids is 1. The maximum atomic E-state index is 12.1. The topological polar surface area (TPSA) is 106 Å². The predicted octanol–water partition coefficient (Wildman–Crippen LogP) is 3.74. The number of hydrogen-bond acceptors (Lipinski definition) is 7. The molecule has 3 aromatic rings. The van der Waals surface area contributed by atoms with Gasteiger partial charge in [-0.3, -0.25) is 4.79 Å². The number of rotatable bonds is 8. The van der Waals surface area contributed by atoms with E-state index in [1.807, 2.05) is 25.1 Å². The molecule has 0 atom stereocenters. The monoisotopic (exact) mass is 446 g/mol. The largest absolute Gasteiger partial charge is 0.486 e. The summed E-state index contributed by atoms with van der Waals surface area (Å²) in [5.41, 5.74) is 11.6. The van der Waals surface area contributed by atoms with Crippen LogP contribution in [0, 0.1) is 20.8 Å². The number of hydrogen-bond donors (Lipinski definition) is 2. The predicted molar refractivity (Wildman–Crippen MR) is 129 cm³/mol. The first kappa shape index (κ1) is 22.5. The fourth-order valence-corrected chi connectivity index (χ4v) is 4.16. The Morgan fingerprint density at radius 2 is 1.88 bits per heavy atom. The first-order valence-electron chi connectivity index (χ1n) is 11.2. The van der Waals surface area contributed by atoms with Gasteiger partial charge in [0.15, 0.2) is 5.82 Å². The number of nitrogens with one attached hydrogen (secondary N) is 1. The second kappa shape index (κ2) is 9.85. The van der Waals surface area contributed by atoms with E-state index in [9.17, 15) is 4.79 Å². The second-order valence-electron chi connectivity index (χ2n) is 8.42. The van der Waals surface area contributed by atoms with Crippen LogP contribution in [0.4, 0.5) is 17.6 Å². The molecule has 2 heterocycles.